The van der Waals surface area contributed by atoms with E-state index in [9.17, 15) is 9.59 Å². The molecule has 7 nitrogen and oxygen atoms in total. The van der Waals surface area contributed by atoms with E-state index in [1.165, 1.54) is 0 Å². The Morgan fingerprint density at radius 1 is 1.52 bits per heavy atom. The Kier molecular flexibility index (Phi) is 6.58. The predicted octanol–water partition coefficient (Wildman–Crippen LogP) is 0.713. The lowest BCUT2D eigenvalue weighted by Gasteiger charge is -2.31. The molecule has 0 aromatic carbocycles. The van der Waals surface area contributed by atoms with Crippen LogP contribution in [0, 0.1) is 5.92 Å². The van der Waals surface area contributed by atoms with Crippen LogP contribution in [-0.2, 0) is 11.2 Å². The standard InChI is InChI=1S/C16H26N4O3/c1-2-5-13-10-14(19-18-13)16(23)20-8-3-6-12(11-20)15(22)17-7-4-9-21/h10,12,21H,2-9,11H2,1H3,(H,17,22)(H,18,19)/t12-/m0/s1. The summed E-state index contributed by atoms with van der Waals surface area (Å²) in [5.41, 5.74) is 1.39. The molecule has 2 heterocycles. The number of aromatic amines is 1. The molecule has 1 aromatic rings. The molecular weight excluding hydrogens is 296 g/mol. The van der Waals surface area contributed by atoms with Gasteiger partial charge in [-0.25, -0.2) is 0 Å². The van der Waals surface area contributed by atoms with Crippen LogP contribution in [0.3, 0.4) is 0 Å². The molecule has 1 aromatic heterocycles. The summed E-state index contributed by atoms with van der Waals surface area (Å²) < 4.78 is 0. The molecule has 7 heteroatoms. The van der Waals surface area contributed by atoms with Crippen molar-refractivity contribution in [3.05, 3.63) is 17.5 Å². The molecule has 1 aliphatic heterocycles. The van der Waals surface area contributed by atoms with E-state index in [2.05, 4.69) is 22.4 Å². The van der Waals surface area contributed by atoms with Gasteiger partial charge in [-0.2, -0.15) is 5.10 Å². The lowest BCUT2D eigenvalue weighted by Crippen LogP contribution is -2.45. The van der Waals surface area contributed by atoms with Crippen LogP contribution in [0.4, 0.5) is 0 Å². The largest absolute Gasteiger partial charge is 0.396 e. The molecule has 23 heavy (non-hydrogen) atoms. The molecule has 0 aliphatic carbocycles. The number of carbonyl (C=O) groups excluding carboxylic acids is 2. The summed E-state index contributed by atoms with van der Waals surface area (Å²) in [6.45, 7) is 3.70. The SMILES string of the molecule is CCCc1cc(C(=O)N2CCC[C@H](C(=O)NCCCO)C2)n[nH]1. The van der Waals surface area contributed by atoms with Gasteiger partial charge in [-0.1, -0.05) is 13.3 Å². The van der Waals surface area contributed by atoms with Crippen LogP contribution in [0.5, 0.6) is 0 Å². The maximum Gasteiger partial charge on any atom is 0.274 e. The second-order valence-electron chi connectivity index (χ2n) is 5.99. The van der Waals surface area contributed by atoms with E-state index >= 15 is 0 Å². The number of piperidine rings is 1. The summed E-state index contributed by atoms with van der Waals surface area (Å²) in [7, 11) is 0. The number of H-pyrrole nitrogens is 1. The molecule has 1 saturated heterocycles. The molecule has 1 atom stereocenters. The van der Waals surface area contributed by atoms with E-state index in [-0.39, 0.29) is 24.3 Å². The highest BCUT2D eigenvalue weighted by molar-refractivity contribution is 5.93. The molecule has 3 N–H and O–H groups in total. The highest BCUT2D eigenvalue weighted by Crippen LogP contribution is 2.18. The first-order valence-electron chi connectivity index (χ1n) is 8.37. The van der Waals surface area contributed by atoms with Crippen molar-refractivity contribution < 1.29 is 14.7 Å². The Bertz CT molecular complexity index is 529. The topological polar surface area (TPSA) is 98.3 Å². The molecule has 0 unspecified atom stereocenters. The zero-order valence-corrected chi connectivity index (χ0v) is 13.7. The molecule has 0 spiro atoms. The van der Waals surface area contributed by atoms with E-state index in [0.717, 1.165) is 31.4 Å². The molecule has 1 aliphatic rings. The molecule has 0 saturated carbocycles. The number of carbonyl (C=O) groups is 2. The number of rotatable bonds is 7. The van der Waals surface area contributed by atoms with Crippen LogP contribution in [0.1, 0.15) is 48.8 Å². The maximum absolute atomic E-state index is 12.5. The van der Waals surface area contributed by atoms with Crippen molar-refractivity contribution in [2.45, 2.75) is 39.0 Å². The average molecular weight is 322 g/mol. The van der Waals surface area contributed by atoms with Gasteiger partial charge in [-0.05, 0) is 31.7 Å². The van der Waals surface area contributed by atoms with Gasteiger partial charge in [0.25, 0.3) is 5.91 Å². The Labute approximate surface area is 136 Å². The van der Waals surface area contributed by atoms with E-state index in [0.29, 0.717) is 31.7 Å². The molecule has 1 fully saturated rings. The minimum Gasteiger partial charge on any atom is -0.396 e. The van der Waals surface area contributed by atoms with Gasteiger partial charge in [0.15, 0.2) is 0 Å². The van der Waals surface area contributed by atoms with Crippen LogP contribution in [0.25, 0.3) is 0 Å². The van der Waals surface area contributed by atoms with E-state index in [1.54, 1.807) is 11.0 Å². The van der Waals surface area contributed by atoms with Gasteiger partial charge in [0.2, 0.25) is 5.91 Å². The lowest BCUT2D eigenvalue weighted by atomic mass is 9.97. The first-order valence-corrected chi connectivity index (χ1v) is 8.37. The molecular formula is C16H26N4O3. The second kappa shape index (κ2) is 8.67. The zero-order chi connectivity index (χ0) is 16.7. The summed E-state index contributed by atoms with van der Waals surface area (Å²) in [5.74, 6) is -0.332. The Balaban J connectivity index is 1.91. The van der Waals surface area contributed by atoms with Gasteiger partial charge >= 0.3 is 0 Å². The number of aryl methyl sites for hydroxylation is 1. The van der Waals surface area contributed by atoms with Crippen molar-refractivity contribution in [3.63, 3.8) is 0 Å². The van der Waals surface area contributed by atoms with Crippen LogP contribution >= 0.6 is 0 Å². The number of hydrogen-bond acceptors (Lipinski definition) is 4. The summed E-state index contributed by atoms with van der Waals surface area (Å²) >= 11 is 0. The predicted molar refractivity (Wildman–Crippen MR) is 85.9 cm³/mol. The summed E-state index contributed by atoms with van der Waals surface area (Å²) in [4.78, 5) is 26.4. The van der Waals surface area contributed by atoms with Gasteiger partial charge in [0.1, 0.15) is 5.69 Å². The highest BCUT2D eigenvalue weighted by atomic mass is 16.3. The number of hydrogen-bond donors (Lipinski definition) is 3. The number of amides is 2. The summed E-state index contributed by atoms with van der Waals surface area (Å²) in [5, 5.41) is 18.6. The number of likely N-dealkylation sites (tertiary alicyclic amines) is 1. The van der Waals surface area contributed by atoms with Gasteiger partial charge in [-0.15, -0.1) is 0 Å². The third-order valence-electron chi connectivity index (χ3n) is 4.08. The molecule has 2 amide bonds. The summed E-state index contributed by atoms with van der Waals surface area (Å²) in [6.07, 6.45) is 4.02. The fraction of sp³-hybridized carbons (Fsp3) is 0.688. The van der Waals surface area contributed by atoms with Crippen LogP contribution in [-0.4, -0.2) is 58.3 Å². The van der Waals surface area contributed by atoms with Crippen molar-refractivity contribution in [3.8, 4) is 0 Å². The number of nitrogens with one attached hydrogen (secondary N) is 2. The van der Waals surface area contributed by atoms with Crippen molar-refractivity contribution in [1.29, 1.82) is 0 Å². The quantitative estimate of drug-likeness (QED) is 0.644. The fourth-order valence-electron chi connectivity index (χ4n) is 2.84. The Morgan fingerprint density at radius 2 is 2.35 bits per heavy atom. The third kappa shape index (κ3) is 4.79. The van der Waals surface area contributed by atoms with E-state index in [4.69, 9.17) is 5.11 Å². The van der Waals surface area contributed by atoms with Gasteiger partial charge in [0.05, 0.1) is 5.92 Å². The number of nitrogens with zero attached hydrogens (tertiary/aromatic N) is 2. The molecule has 2 rings (SSSR count). The average Bonchev–Trinajstić information content (AvgIpc) is 3.03. The fourth-order valence-corrected chi connectivity index (χ4v) is 2.84. The first kappa shape index (κ1) is 17.5. The Morgan fingerprint density at radius 3 is 3.09 bits per heavy atom. The van der Waals surface area contributed by atoms with Crippen LogP contribution < -0.4 is 5.32 Å². The zero-order valence-electron chi connectivity index (χ0n) is 13.7. The normalized spacial score (nSPS) is 18.0. The minimum absolute atomic E-state index is 0.0374. The number of aliphatic hydroxyl groups excluding tert-OH is 1. The van der Waals surface area contributed by atoms with E-state index in [1.807, 2.05) is 0 Å². The van der Waals surface area contributed by atoms with Crippen LogP contribution in [0.15, 0.2) is 6.07 Å². The van der Waals surface area contributed by atoms with Gasteiger partial charge < -0.3 is 15.3 Å². The molecule has 0 radical (unpaired) electrons. The smallest absolute Gasteiger partial charge is 0.274 e. The third-order valence-corrected chi connectivity index (χ3v) is 4.08. The molecule has 0 bridgehead atoms. The maximum atomic E-state index is 12.5. The van der Waals surface area contributed by atoms with Crippen molar-refractivity contribution >= 4 is 11.8 Å². The van der Waals surface area contributed by atoms with E-state index < -0.39 is 0 Å². The second-order valence-corrected chi connectivity index (χ2v) is 5.99. The first-order chi connectivity index (χ1) is 11.2. The van der Waals surface area contributed by atoms with Gasteiger partial charge in [0, 0.05) is 31.9 Å². The van der Waals surface area contributed by atoms with Crippen LogP contribution in [0.2, 0.25) is 0 Å². The van der Waals surface area contributed by atoms with Crippen molar-refractivity contribution in [2.24, 2.45) is 5.92 Å². The summed E-state index contributed by atoms with van der Waals surface area (Å²) in [6, 6.07) is 1.80. The minimum atomic E-state index is -0.180. The van der Waals surface area contributed by atoms with Gasteiger partial charge in [-0.3, -0.25) is 14.7 Å². The monoisotopic (exact) mass is 322 g/mol. The highest BCUT2D eigenvalue weighted by Gasteiger charge is 2.29. The van der Waals surface area contributed by atoms with Crippen molar-refractivity contribution in [2.75, 3.05) is 26.2 Å². The lowest BCUT2D eigenvalue weighted by molar-refractivity contribution is -0.126. The molecule has 128 valence electrons. The Hall–Kier alpha value is -1.89. The number of aromatic nitrogens is 2. The number of aliphatic hydroxyl groups is 1. The van der Waals surface area contributed by atoms with Crippen molar-refractivity contribution in [1.82, 2.24) is 20.4 Å².